The van der Waals surface area contributed by atoms with Crippen LogP contribution in [0.2, 0.25) is 0 Å². The van der Waals surface area contributed by atoms with Gasteiger partial charge < -0.3 is 9.84 Å². The molecule has 1 aromatic carbocycles. The van der Waals surface area contributed by atoms with Crippen LogP contribution in [0.1, 0.15) is 12.5 Å². The van der Waals surface area contributed by atoms with E-state index >= 15 is 0 Å². The van der Waals surface area contributed by atoms with Gasteiger partial charge in [-0.15, -0.1) is 0 Å². The minimum atomic E-state index is -0.772. The number of nitrogens with zero attached hydrogens (tertiary/aromatic N) is 2. The van der Waals surface area contributed by atoms with Crippen molar-refractivity contribution >= 4 is 18.0 Å². The molecule has 0 unspecified atom stereocenters. The number of carbonyl (C=O) groups is 1. The zero-order chi connectivity index (χ0) is 13.5. The molecule has 1 rings (SSSR count). The lowest BCUT2D eigenvalue weighted by molar-refractivity contribution is -0.385. The van der Waals surface area contributed by atoms with Crippen LogP contribution in [-0.2, 0) is 4.74 Å². The van der Waals surface area contributed by atoms with Crippen LogP contribution in [-0.4, -0.2) is 23.8 Å². The van der Waals surface area contributed by atoms with Crippen molar-refractivity contribution in [3.8, 4) is 5.75 Å². The number of carbonyl (C=O) groups excluding carboxylic acids is 1. The van der Waals surface area contributed by atoms with Crippen molar-refractivity contribution in [3.63, 3.8) is 0 Å². The molecule has 0 saturated carbocycles. The van der Waals surface area contributed by atoms with Crippen LogP contribution in [0.15, 0.2) is 23.3 Å². The molecule has 96 valence electrons. The van der Waals surface area contributed by atoms with E-state index in [2.05, 4.69) is 9.84 Å². The molecule has 0 radical (unpaired) electrons. The maximum Gasteiger partial charge on any atom is 0.427 e. The summed E-state index contributed by atoms with van der Waals surface area (Å²) < 4.78 is 4.52. The number of nitrogens with one attached hydrogen (secondary N) is 1. The number of non-ortho nitro benzene ring substituents is 1. The quantitative estimate of drug-likeness (QED) is 0.482. The Bertz CT molecular complexity index is 486. The van der Waals surface area contributed by atoms with E-state index in [9.17, 15) is 20.0 Å². The van der Waals surface area contributed by atoms with E-state index in [0.29, 0.717) is 0 Å². The number of hydrogen-bond donors (Lipinski definition) is 1. The number of rotatable bonds is 4. The number of hydrogen-bond acceptors (Lipinski definition) is 6. The average Bonchev–Trinajstić information content (AvgIpc) is 2.31. The summed E-state index contributed by atoms with van der Waals surface area (Å²) in [6, 6.07) is 3.22. The average molecular weight is 252 g/mol. The van der Waals surface area contributed by atoms with Gasteiger partial charge in [0.05, 0.1) is 17.7 Å². The normalized spacial score (nSPS) is 10.3. The molecular formula is C10H10N3O5-. The Morgan fingerprint density at radius 1 is 1.61 bits per heavy atom. The largest absolute Gasteiger partial charge is 0.872 e. The maximum atomic E-state index is 11.3. The topological polar surface area (TPSA) is 117 Å². The van der Waals surface area contributed by atoms with Gasteiger partial charge in [-0.05, 0) is 12.5 Å². The minimum absolute atomic E-state index is 0.000925. The first-order valence-corrected chi connectivity index (χ1v) is 4.96. The molecule has 0 saturated heterocycles. The van der Waals surface area contributed by atoms with Gasteiger partial charge in [0.1, 0.15) is 0 Å². The molecule has 8 heteroatoms. The Kier molecular flexibility index (Phi) is 4.61. The second-order valence-electron chi connectivity index (χ2n) is 3.07. The third kappa shape index (κ3) is 3.74. The van der Waals surface area contributed by atoms with Gasteiger partial charge >= 0.3 is 6.09 Å². The first-order valence-electron chi connectivity index (χ1n) is 4.96. The lowest BCUT2D eigenvalue weighted by atomic mass is 10.2. The monoisotopic (exact) mass is 252 g/mol. The lowest BCUT2D eigenvalue weighted by Crippen LogP contribution is -2.18. The smallest absolute Gasteiger partial charge is 0.427 e. The first-order chi connectivity index (χ1) is 8.54. The summed E-state index contributed by atoms with van der Waals surface area (Å²) >= 11 is 0. The zero-order valence-corrected chi connectivity index (χ0v) is 9.45. The molecule has 0 aliphatic rings. The summed E-state index contributed by atoms with van der Waals surface area (Å²) in [5.41, 5.74) is 1.78. The summed E-state index contributed by atoms with van der Waals surface area (Å²) in [7, 11) is 0. The van der Waals surface area contributed by atoms with E-state index in [4.69, 9.17) is 0 Å². The lowest BCUT2D eigenvalue weighted by Gasteiger charge is -2.08. The molecule has 0 aromatic heterocycles. The molecule has 8 nitrogen and oxygen atoms in total. The molecular weight excluding hydrogens is 242 g/mol. The van der Waals surface area contributed by atoms with E-state index in [0.717, 1.165) is 24.4 Å². The summed E-state index contributed by atoms with van der Waals surface area (Å²) in [6.45, 7) is 1.81. The highest BCUT2D eigenvalue weighted by Gasteiger charge is 2.05. The van der Waals surface area contributed by atoms with Crippen molar-refractivity contribution in [1.29, 1.82) is 0 Å². The van der Waals surface area contributed by atoms with Crippen molar-refractivity contribution < 1.29 is 19.6 Å². The second kappa shape index (κ2) is 6.18. The van der Waals surface area contributed by atoms with Crippen LogP contribution in [0.4, 0.5) is 10.5 Å². The molecule has 0 spiro atoms. The van der Waals surface area contributed by atoms with Gasteiger partial charge in [-0.25, -0.2) is 10.2 Å². The van der Waals surface area contributed by atoms with Crippen molar-refractivity contribution in [2.75, 3.05) is 6.61 Å². The van der Waals surface area contributed by atoms with E-state index < -0.39 is 16.8 Å². The van der Waals surface area contributed by atoms with Crippen LogP contribution in [0, 0.1) is 10.1 Å². The number of hydrazone groups is 1. The van der Waals surface area contributed by atoms with Gasteiger partial charge in [-0.2, -0.15) is 5.10 Å². The van der Waals surface area contributed by atoms with Gasteiger partial charge in [-0.1, -0.05) is 11.8 Å². The van der Waals surface area contributed by atoms with Crippen LogP contribution in [0.5, 0.6) is 5.75 Å². The molecule has 0 aliphatic carbocycles. The van der Waals surface area contributed by atoms with E-state index in [1.807, 2.05) is 5.43 Å². The highest BCUT2D eigenvalue weighted by Crippen LogP contribution is 2.18. The maximum absolute atomic E-state index is 11.3. The number of amides is 1. The zero-order valence-electron chi connectivity index (χ0n) is 9.45. The molecule has 1 N–H and O–H groups in total. The van der Waals surface area contributed by atoms with E-state index in [1.165, 1.54) is 0 Å². The summed E-state index contributed by atoms with van der Waals surface area (Å²) in [6.07, 6.45) is 0.248. The minimum Gasteiger partial charge on any atom is -0.872 e. The molecule has 1 amide bonds. The third-order valence-corrected chi connectivity index (χ3v) is 1.84. The predicted octanol–water partition coefficient (Wildman–Crippen LogP) is 0.748. The highest BCUT2D eigenvalue weighted by atomic mass is 16.6. The fourth-order valence-corrected chi connectivity index (χ4v) is 1.07. The van der Waals surface area contributed by atoms with Crippen molar-refractivity contribution in [2.24, 2.45) is 5.10 Å². The van der Waals surface area contributed by atoms with Crippen molar-refractivity contribution in [2.45, 2.75) is 6.92 Å². The highest BCUT2D eigenvalue weighted by molar-refractivity contribution is 5.85. The van der Waals surface area contributed by atoms with Gasteiger partial charge in [-0.3, -0.25) is 10.1 Å². The van der Waals surface area contributed by atoms with Gasteiger partial charge in [0.25, 0.3) is 5.69 Å². The van der Waals surface area contributed by atoms with Crippen LogP contribution in [0.25, 0.3) is 0 Å². The van der Waals surface area contributed by atoms with Gasteiger partial charge in [0.15, 0.2) is 0 Å². The van der Waals surface area contributed by atoms with E-state index in [1.54, 1.807) is 6.92 Å². The third-order valence-electron chi connectivity index (χ3n) is 1.84. The Hall–Kier alpha value is -2.64. The molecule has 0 bridgehead atoms. The number of nitro benzene ring substituents is 1. The van der Waals surface area contributed by atoms with Crippen molar-refractivity contribution in [1.82, 2.24) is 5.43 Å². The van der Waals surface area contributed by atoms with Crippen molar-refractivity contribution in [3.05, 3.63) is 33.9 Å². The molecule has 1 aromatic rings. The Morgan fingerprint density at radius 2 is 2.33 bits per heavy atom. The van der Waals surface area contributed by atoms with Gasteiger partial charge in [0.2, 0.25) is 0 Å². The Balaban J connectivity index is 2.77. The van der Waals surface area contributed by atoms with Crippen LogP contribution in [0.3, 0.4) is 0 Å². The van der Waals surface area contributed by atoms with E-state index in [-0.39, 0.29) is 17.9 Å². The summed E-state index contributed by atoms with van der Waals surface area (Å²) in [5.74, 6) is -0.435. The second-order valence-corrected chi connectivity index (χ2v) is 3.07. The summed E-state index contributed by atoms with van der Waals surface area (Å²) in [4.78, 5) is 20.7. The molecule has 0 fully saturated rings. The molecule has 0 aliphatic heterocycles. The first kappa shape index (κ1) is 13.4. The predicted molar refractivity (Wildman–Crippen MR) is 60.3 cm³/mol. The Labute approximate surface area is 102 Å². The van der Waals surface area contributed by atoms with Gasteiger partial charge in [0, 0.05) is 12.1 Å². The van der Waals surface area contributed by atoms with Crippen LogP contribution >= 0.6 is 0 Å². The molecule has 0 heterocycles. The standard InChI is InChI=1S/C10H11N3O5/c1-2-18-10(15)12-11-6-7-5-8(13(16)17)3-4-9(7)14/h3-6,14H,2H2,1H3,(H,12,15)/p-1/b11-6-. The number of nitro groups is 1. The summed E-state index contributed by atoms with van der Waals surface area (Å²) in [5, 5.41) is 25.3. The fraction of sp³-hybridized carbons (Fsp3) is 0.200. The number of ether oxygens (including phenoxy) is 1. The Morgan fingerprint density at radius 3 is 2.94 bits per heavy atom. The van der Waals surface area contributed by atoms with Crippen LogP contribution < -0.4 is 10.5 Å². The SMILES string of the molecule is CCOC(=O)N/N=C\c1cc([N+](=O)[O-])ccc1[O-]. The molecule has 0 atom stereocenters. The fourth-order valence-electron chi connectivity index (χ4n) is 1.07. The number of benzene rings is 1. The molecule has 18 heavy (non-hydrogen) atoms.